The topological polar surface area (TPSA) is 20.2 Å². The van der Waals surface area contributed by atoms with E-state index in [2.05, 4.69) is 0 Å². The van der Waals surface area contributed by atoms with Crippen LogP contribution in [-0.4, -0.2) is 5.11 Å². The van der Waals surface area contributed by atoms with Gasteiger partial charge in [0.15, 0.2) is 0 Å². The Bertz CT molecular complexity index is 318. The molecule has 0 aromatic heterocycles. The van der Waals surface area contributed by atoms with Gasteiger partial charge in [-0.25, -0.2) is 0 Å². The summed E-state index contributed by atoms with van der Waals surface area (Å²) in [6, 6.07) is 5.13. The Balaban J connectivity index is 3.26. The summed E-state index contributed by atoms with van der Waals surface area (Å²) in [6.07, 6.45) is 1.57. The predicted octanol–water partition coefficient (Wildman–Crippen LogP) is 3.91. The molecule has 0 atom stereocenters. The second-order valence-electron chi connectivity index (χ2n) is 2.28. The van der Waals surface area contributed by atoms with Crippen LogP contribution < -0.4 is 0 Å². The van der Waals surface area contributed by atoms with Crippen LogP contribution in [0.3, 0.4) is 0 Å². The molecule has 1 N–H and O–H groups in total. The number of rotatable bonds is 1. The number of hydrogen-bond donors (Lipinski definition) is 1. The van der Waals surface area contributed by atoms with E-state index >= 15 is 0 Å². The molecule has 0 amide bonds. The van der Waals surface area contributed by atoms with Crippen molar-refractivity contribution in [2.45, 2.75) is 6.92 Å². The smallest absolute Gasteiger partial charge is 0.120 e. The maximum absolute atomic E-state index is 9.35. The number of halogens is 2. The van der Waals surface area contributed by atoms with Crippen LogP contribution in [0.5, 0.6) is 0 Å². The minimum atomic E-state index is 0.141. The van der Waals surface area contributed by atoms with Crippen molar-refractivity contribution >= 4 is 29.0 Å². The Morgan fingerprint density at radius 3 is 2.67 bits per heavy atom. The summed E-state index contributed by atoms with van der Waals surface area (Å²) < 4.78 is 0. The monoisotopic (exact) mass is 202 g/mol. The molecule has 12 heavy (non-hydrogen) atoms. The molecule has 0 spiro atoms. The van der Waals surface area contributed by atoms with Gasteiger partial charge in [-0.05, 0) is 25.1 Å². The summed E-state index contributed by atoms with van der Waals surface area (Å²) in [7, 11) is 0. The van der Waals surface area contributed by atoms with E-state index in [1.165, 1.54) is 0 Å². The summed E-state index contributed by atoms with van der Waals surface area (Å²) in [5.41, 5.74) is 0.562. The van der Waals surface area contributed by atoms with Crippen molar-refractivity contribution in [2.24, 2.45) is 0 Å². The molecule has 3 heteroatoms. The molecule has 0 saturated heterocycles. The van der Waals surface area contributed by atoms with E-state index in [1.54, 1.807) is 31.2 Å². The minimum Gasteiger partial charge on any atom is -0.508 e. The maximum atomic E-state index is 9.35. The largest absolute Gasteiger partial charge is 0.508 e. The summed E-state index contributed by atoms with van der Waals surface area (Å²) in [5, 5.41) is 10.2. The van der Waals surface area contributed by atoms with Gasteiger partial charge in [0.25, 0.3) is 0 Å². The molecule has 0 saturated carbocycles. The fraction of sp³-hybridized carbons (Fsp3) is 0.111. The summed E-state index contributed by atoms with van der Waals surface area (Å²) in [6.45, 7) is 1.73. The molecule has 0 aliphatic rings. The van der Waals surface area contributed by atoms with Gasteiger partial charge >= 0.3 is 0 Å². The van der Waals surface area contributed by atoms with E-state index in [9.17, 15) is 5.11 Å². The van der Waals surface area contributed by atoms with Gasteiger partial charge in [-0.3, -0.25) is 0 Å². The molecule has 64 valence electrons. The lowest BCUT2D eigenvalue weighted by atomic mass is 10.2. The molecule has 0 aliphatic heterocycles. The van der Waals surface area contributed by atoms with Gasteiger partial charge < -0.3 is 5.11 Å². The fourth-order valence-electron chi connectivity index (χ4n) is 0.857. The first kappa shape index (κ1) is 9.43. The van der Waals surface area contributed by atoms with E-state index < -0.39 is 0 Å². The number of hydrogen-bond acceptors (Lipinski definition) is 1. The molecule has 0 bridgehead atoms. The van der Waals surface area contributed by atoms with Crippen LogP contribution in [0.15, 0.2) is 24.3 Å². The van der Waals surface area contributed by atoms with Crippen LogP contribution in [0.2, 0.25) is 10.0 Å². The van der Waals surface area contributed by atoms with Gasteiger partial charge in [-0.15, -0.1) is 0 Å². The predicted molar refractivity (Wildman–Crippen MR) is 52.7 cm³/mol. The second-order valence-corrected chi connectivity index (χ2v) is 3.06. The van der Waals surface area contributed by atoms with Gasteiger partial charge in [0.05, 0.1) is 10.0 Å². The van der Waals surface area contributed by atoms with Crippen molar-refractivity contribution in [1.29, 1.82) is 0 Å². The van der Waals surface area contributed by atoms with Crippen molar-refractivity contribution in [3.05, 3.63) is 39.9 Å². The van der Waals surface area contributed by atoms with E-state index in [1.807, 2.05) is 0 Å². The molecular weight excluding hydrogens is 195 g/mol. The normalized spacial score (nSPS) is 11.8. The zero-order valence-corrected chi connectivity index (χ0v) is 8.02. The summed E-state index contributed by atoms with van der Waals surface area (Å²) in [4.78, 5) is 0. The van der Waals surface area contributed by atoms with Gasteiger partial charge in [-0.2, -0.15) is 0 Å². The molecule has 0 unspecified atom stereocenters. The summed E-state index contributed by atoms with van der Waals surface area (Å²) in [5.74, 6) is 0.141. The van der Waals surface area contributed by atoms with Crippen LogP contribution in [0.1, 0.15) is 12.5 Å². The number of aliphatic hydroxyl groups excluding tert-OH is 1. The van der Waals surface area contributed by atoms with Crippen LogP contribution in [-0.2, 0) is 0 Å². The third-order valence-corrected chi connectivity index (χ3v) is 2.32. The second kappa shape index (κ2) is 3.83. The van der Waals surface area contributed by atoms with Crippen molar-refractivity contribution in [2.75, 3.05) is 0 Å². The quantitative estimate of drug-likeness (QED) is 0.686. The highest BCUT2D eigenvalue weighted by atomic mass is 35.5. The van der Waals surface area contributed by atoms with Crippen molar-refractivity contribution < 1.29 is 5.11 Å². The molecule has 0 heterocycles. The third kappa shape index (κ3) is 1.74. The van der Waals surface area contributed by atoms with E-state index in [4.69, 9.17) is 23.2 Å². The Hall–Kier alpha value is -0.660. The average Bonchev–Trinajstić information content (AvgIpc) is 2.08. The Morgan fingerprint density at radius 2 is 2.08 bits per heavy atom. The van der Waals surface area contributed by atoms with Gasteiger partial charge in [0, 0.05) is 5.56 Å². The number of allylic oxidation sites excluding steroid dienone is 1. The van der Waals surface area contributed by atoms with Crippen LogP contribution >= 0.6 is 23.2 Å². The lowest BCUT2D eigenvalue weighted by Crippen LogP contribution is -1.84. The number of benzene rings is 1. The Labute approximate surface area is 81.2 Å². The first-order valence-corrected chi connectivity index (χ1v) is 4.22. The minimum absolute atomic E-state index is 0.141. The molecule has 1 nitrogen and oxygen atoms in total. The number of aliphatic hydroxyl groups is 1. The fourth-order valence-corrected chi connectivity index (χ4v) is 1.25. The third-order valence-electron chi connectivity index (χ3n) is 1.50. The molecule has 1 rings (SSSR count). The first-order valence-electron chi connectivity index (χ1n) is 3.46. The molecule has 1 aromatic rings. The molecule has 0 fully saturated rings. The summed E-state index contributed by atoms with van der Waals surface area (Å²) >= 11 is 11.6. The van der Waals surface area contributed by atoms with Crippen molar-refractivity contribution in [3.63, 3.8) is 0 Å². The van der Waals surface area contributed by atoms with Gasteiger partial charge in [0.1, 0.15) is 5.76 Å². The molecular formula is C9H8Cl2O. The van der Waals surface area contributed by atoms with E-state index in [0.29, 0.717) is 15.6 Å². The van der Waals surface area contributed by atoms with Crippen molar-refractivity contribution in [3.8, 4) is 0 Å². The standard InChI is InChI=1S/C9H8Cl2O/c1-2-8(12)6-4-3-5-7(10)9(6)11/h2-5,12H,1H3. The molecule has 1 aromatic carbocycles. The van der Waals surface area contributed by atoms with Crippen molar-refractivity contribution in [1.82, 2.24) is 0 Å². The highest BCUT2D eigenvalue weighted by Gasteiger charge is 2.06. The van der Waals surface area contributed by atoms with E-state index in [-0.39, 0.29) is 5.76 Å². The lowest BCUT2D eigenvalue weighted by Gasteiger charge is -2.03. The molecule has 0 aliphatic carbocycles. The highest BCUT2D eigenvalue weighted by Crippen LogP contribution is 2.29. The SMILES string of the molecule is CC=C(O)c1cccc(Cl)c1Cl. The molecule has 0 radical (unpaired) electrons. The lowest BCUT2D eigenvalue weighted by molar-refractivity contribution is 0.511. The van der Waals surface area contributed by atoms with Crippen LogP contribution in [0.4, 0.5) is 0 Å². The zero-order valence-electron chi connectivity index (χ0n) is 6.51. The van der Waals surface area contributed by atoms with Gasteiger partial charge in [-0.1, -0.05) is 29.3 Å². The average molecular weight is 203 g/mol. The Kier molecular flexibility index (Phi) is 3.01. The zero-order chi connectivity index (χ0) is 9.14. The van der Waals surface area contributed by atoms with Crippen LogP contribution in [0, 0.1) is 0 Å². The first-order chi connectivity index (χ1) is 5.66. The highest BCUT2D eigenvalue weighted by molar-refractivity contribution is 6.43. The maximum Gasteiger partial charge on any atom is 0.120 e. The van der Waals surface area contributed by atoms with Gasteiger partial charge in [0.2, 0.25) is 0 Å². The van der Waals surface area contributed by atoms with E-state index in [0.717, 1.165) is 0 Å². The Morgan fingerprint density at radius 1 is 1.42 bits per heavy atom. The van der Waals surface area contributed by atoms with Crippen LogP contribution in [0.25, 0.3) is 5.76 Å².